The summed E-state index contributed by atoms with van der Waals surface area (Å²) >= 11 is 0. The number of nitrogens with one attached hydrogen (secondary N) is 1. The highest BCUT2D eigenvalue weighted by Gasteiger charge is 2.30. The first-order chi connectivity index (χ1) is 10.8. The van der Waals surface area contributed by atoms with E-state index in [2.05, 4.69) is 5.32 Å². The first-order valence-corrected chi connectivity index (χ1v) is 7.03. The third-order valence-electron chi connectivity index (χ3n) is 3.30. The normalized spacial score (nSPS) is 12.9. The number of esters is 1. The highest BCUT2D eigenvalue weighted by Crippen LogP contribution is 2.15. The van der Waals surface area contributed by atoms with Gasteiger partial charge in [0, 0.05) is 6.07 Å². The van der Waals surface area contributed by atoms with Crippen LogP contribution in [0.3, 0.4) is 0 Å². The van der Waals surface area contributed by atoms with Crippen molar-refractivity contribution in [1.82, 2.24) is 5.32 Å². The van der Waals surface area contributed by atoms with Gasteiger partial charge in [-0.1, -0.05) is 19.9 Å². The maximum absolute atomic E-state index is 12.9. The molecule has 0 aliphatic rings. The first-order valence-electron chi connectivity index (χ1n) is 7.03. The molecule has 7 heteroatoms. The lowest BCUT2D eigenvalue weighted by molar-refractivity contribution is -0.150. The molecular formula is C16H19FN2O4. The average Bonchev–Trinajstić information content (AvgIpc) is 2.50. The lowest BCUT2D eigenvalue weighted by Gasteiger charge is -2.27. The van der Waals surface area contributed by atoms with Crippen LogP contribution in [0.15, 0.2) is 24.3 Å². The van der Waals surface area contributed by atoms with E-state index in [1.807, 2.05) is 6.07 Å². The molecule has 1 aromatic rings. The number of halogens is 1. The van der Waals surface area contributed by atoms with E-state index in [-0.39, 0.29) is 11.7 Å². The van der Waals surface area contributed by atoms with Crippen molar-refractivity contribution in [1.29, 1.82) is 5.26 Å². The monoisotopic (exact) mass is 322 g/mol. The van der Waals surface area contributed by atoms with Crippen LogP contribution in [-0.4, -0.2) is 30.6 Å². The molecule has 1 aromatic carbocycles. The Kier molecular flexibility index (Phi) is 6.51. The molecule has 1 atom stereocenters. The number of carbonyl (C=O) groups is 2. The molecule has 0 spiro atoms. The fourth-order valence-electron chi connectivity index (χ4n) is 1.51. The van der Waals surface area contributed by atoms with Crippen LogP contribution in [0.4, 0.5) is 4.39 Å². The summed E-state index contributed by atoms with van der Waals surface area (Å²) in [5.74, 6) is -1.76. The standard InChI is InChI=1S/C16H19FN2O4/c1-11(2)16(3,10-18)19-14(20)8-23-15(21)9-22-13-6-4-5-12(17)7-13/h4-7,11H,8-9H2,1-3H3,(H,19,20)/t16-/m0/s1. The van der Waals surface area contributed by atoms with Crippen molar-refractivity contribution in [3.05, 3.63) is 30.1 Å². The fraction of sp³-hybridized carbons (Fsp3) is 0.438. The minimum atomic E-state index is -1.04. The molecule has 0 saturated carbocycles. The Hall–Kier alpha value is -2.62. The summed E-state index contributed by atoms with van der Waals surface area (Å²) in [7, 11) is 0. The summed E-state index contributed by atoms with van der Waals surface area (Å²) in [6.07, 6.45) is 0. The van der Waals surface area contributed by atoms with Gasteiger partial charge in [-0.3, -0.25) is 4.79 Å². The first kappa shape index (κ1) is 18.4. The van der Waals surface area contributed by atoms with Gasteiger partial charge in [0.25, 0.3) is 5.91 Å². The number of ether oxygens (including phenoxy) is 2. The molecule has 0 aliphatic heterocycles. The summed E-state index contributed by atoms with van der Waals surface area (Å²) in [5, 5.41) is 11.6. The molecule has 0 radical (unpaired) electrons. The summed E-state index contributed by atoms with van der Waals surface area (Å²) in [4.78, 5) is 23.2. The van der Waals surface area contributed by atoms with E-state index in [0.29, 0.717) is 0 Å². The zero-order valence-corrected chi connectivity index (χ0v) is 13.3. The van der Waals surface area contributed by atoms with Gasteiger partial charge in [0.1, 0.15) is 17.1 Å². The van der Waals surface area contributed by atoms with Crippen molar-refractivity contribution in [3.63, 3.8) is 0 Å². The van der Waals surface area contributed by atoms with Crippen LogP contribution < -0.4 is 10.1 Å². The Morgan fingerprint density at radius 3 is 2.65 bits per heavy atom. The predicted octanol–water partition coefficient (Wildman–Crippen LogP) is 1.80. The van der Waals surface area contributed by atoms with Crippen LogP contribution in [0.1, 0.15) is 20.8 Å². The van der Waals surface area contributed by atoms with Gasteiger partial charge < -0.3 is 14.8 Å². The summed E-state index contributed by atoms with van der Waals surface area (Å²) in [6, 6.07) is 7.32. The second kappa shape index (κ2) is 8.13. The number of hydrogen-bond donors (Lipinski definition) is 1. The minimum Gasteiger partial charge on any atom is -0.482 e. The summed E-state index contributed by atoms with van der Waals surface area (Å²) < 4.78 is 22.7. The Morgan fingerprint density at radius 1 is 1.39 bits per heavy atom. The molecule has 1 N–H and O–H groups in total. The maximum Gasteiger partial charge on any atom is 0.344 e. The Morgan fingerprint density at radius 2 is 2.09 bits per heavy atom. The highest BCUT2D eigenvalue weighted by molar-refractivity contribution is 5.81. The van der Waals surface area contributed by atoms with E-state index in [1.54, 1.807) is 20.8 Å². The SMILES string of the molecule is CC(C)[C@](C)(C#N)NC(=O)COC(=O)COc1cccc(F)c1. The number of rotatable bonds is 7. The summed E-state index contributed by atoms with van der Waals surface area (Å²) in [5.41, 5.74) is -1.04. The van der Waals surface area contributed by atoms with E-state index in [1.165, 1.54) is 18.2 Å². The van der Waals surface area contributed by atoms with Gasteiger partial charge in [0.15, 0.2) is 13.2 Å². The van der Waals surface area contributed by atoms with Gasteiger partial charge in [-0.2, -0.15) is 5.26 Å². The number of amides is 1. The van der Waals surface area contributed by atoms with Crippen LogP contribution in [0.25, 0.3) is 0 Å². The quantitative estimate of drug-likeness (QED) is 0.773. The average molecular weight is 322 g/mol. The van der Waals surface area contributed by atoms with Gasteiger partial charge in [-0.15, -0.1) is 0 Å². The van der Waals surface area contributed by atoms with E-state index in [0.717, 1.165) is 6.07 Å². The van der Waals surface area contributed by atoms with Crippen LogP contribution in [0, 0.1) is 23.1 Å². The molecule has 0 aliphatic carbocycles. The van der Waals surface area contributed by atoms with Crippen LogP contribution in [-0.2, 0) is 14.3 Å². The highest BCUT2D eigenvalue weighted by atomic mass is 19.1. The smallest absolute Gasteiger partial charge is 0.344 e. The molecule has 0 saturated heterocycles. The molecule has 1 rings (SSSR count). The molecule has 6 nitrogen and oxygen atoms in total. The Labute approximate surface area is 134 Å². The van der Waals surface area contributed by atoms with Crippen molar-refractivity contribution in [2.45, 2.75) is 26.3 Å². The minimum absolute atomic E-state index is 0.108. The van der Waals surface area contributed by atoms with Crippen molar-refractivity contribution >= 4 is 11.9 Å². The van der Waals surface area contributed by atoms with Gasteiger partial charge >= 0.3 is 5.97 Å². The molecule has 0 aromatic heterocycles. The Bertz CT molecular complexity index is 612. The van der Waals surface area contributed by atoms with Gasteiger partial charge in [0.2, 0.25) is 0 Å². The van der Waals surface area contributed by atoms with Gasteiger partial charge in [-0.25, -0.2) is 9.18 Å². The van der Waals surface area contributed by atoms with Gasteiger partial charge in [-0.05, 0) is 25.0 Å². The second-order valence-electron chi connectivity index (χ2n) is 5.42. The molecular weight excluding hydrogens is 303 g/mol. The van der Waals surface area contributed by atoms with Crippen molar-refractivity contribution in [3.8, 4) is 11.8 Å². The molecule has 0 fully saturated rings. The van der Waals surface area contributed by atoms with E-state index in [4.69, 9.17) is 14.7 Å². The van der Waals surface area contributed by atoms with E-state index in [9.17, 15) is 14.0 Å². The van der Waals surface area contributed by atoms with E-state index < -0.39 is 36.4 Å². The fourth-order valence-corrected chi connectivity index (χ4v) is 1.51. The number of carbonyl (C=O) groups excluding carboxylic acids is 2. The molecule has 23 heavy (non-hydrogen) atoms. The molecule has 124 valence electrons. The topological polar surface area (TPSA) is 88.4 Å². The zero-order chi connectivity index (χ0) is 17.5. The second-order valence-corrected chi connectivity index (χ2v) is 5.42. The molecule has 0 unspecified atom stereocenters. The number of nitrogens with zero attached hydrogens (tertiary/aromatic N) is 1. The zero-order valence-electron chi connectivity index (χ0n) is 13.3. The van der Waals surface area contributed by atoms with Crippen molar-refractivity contribution in [2.75, 3.05) is 13.2 Å². The number of benzene rings is 1. The lowest BCUT2D eigenvalue weighted by Crippen LogP contribution is -2.50. The third-order valence-corrected chi connectivity index (χ3v) is 3.30. The van der Waals surface area contributed by atoms with Crippen molar-refractivity contribution < 1.29 is 23.5 Å². The Balaban J connectivity index is 2.38. The van der Waals surface area contributed by atoms with Gasteiger partial charge in [0.05, 0.1) is 6.07 Å². The third kappa shape index (κ3) is 5.94. The van der Waals surface area contributed by atoms with Crippen molar-refractivity contribution in [2.24, 2.45) is 5.92 Å². The molecule has 0 bridgehead atoms. The van der Waals surface area contributed by atoms with Crippen LogP contribution in [0.5, 0.6) is 5.75 Å². The molecule has 1 amide bonds. The summed E-state index contributed by atoms with van der Waals surface area (Å²) in [6.45, 7) is 4.21. The lowest BCUT2D eigenvalue weighted by atomic mass is 9.90. The van der Waals surface area contributed by atoms with Crippen LogP contribution in [0.2, 0.25) is 0 Å². The maximum atomic E-state index is 12.9. The largest absolute Gasteiger partial charge is 0.482 e. The van der Waals surface area contributed by atoms with Crippen LogP contribution >= 0.6 is 0 Å². The number of nitriles is 1. The molecule has 0 heterocycles. The predicted molar refractivity (Wildman–Crippen MR) is 79.9 cm³/mol. The van der Waals surface area contributed by atoms with E-state index >= 15 is 0 Å². The number of hydrogen-bond acceptors (Lipinski definition) is 5.